The van der Waals surface area contributed by atoms with E-state index >= 15 is 0 Å². The molecule has 2 saturated heterocycles. The van der Waals surface area contributed by atoms with E-state index in [9.17, 15) is 19.2 Å². The molecule has 3 fully saturated rings. The first-order valence-corrected chi connectivity index (χ1v) is 11.8. The first kappa shape index (κ1) is 23.4. The summed E-state index contributed by atoms with van der Waals surface area (Å²) in [4.78, 5) is 59.4. The summed E-state index contributed by atoms with van der Waals surface area (Å²) in [6.07, 6.45) is 0.858. The highest BCUT2D eigenvalue weighted by molar-refractivity contribution is 6.03. The molecule has 1 spiro atoms. The van der Waals surface area contributed by atoms with Gasteiger partial charge in [-0.15, -0.1) is 0 Å². The Labute approximate surface area is 203 Å². The van der Waals surface area contributed by atoms with E-state index in [-0.39, 0.29) is 36.0 Å². The maximum absolute atomic E-state index is 14.0. The number of fused-ring (bicyclic) bond motifs is 2. The summed E-state index contributed by atoms with van der Waals surface area (Å²) in [6, 6.07) is 1.45. The molecule has 4 heterocycles. The fourth-order valence-corrected chi connectivity index (χ4v) is 5.89. The van der Waals surface area contributed by atoms with Crippen LogP contribution in [0, 0.1) is 17.3 Å². The minimum absolute atomic E-state index is 0.0846. The number of nitrogens with zero attached hydrogens (tertiary/aromatic N) is 3. The van der Waals surface area contributed by atoms with Crippen molar-refractivity contribution in [3.63, 3.8) is 0 Å². The summed E-state index contributed by atoms with van der Waals surface area (Å²) in [5, 5.41) is 2.71. The summed E-state index contributed by atoms with van der Waals surface area (Å²) in [7, 11) is 0. The number of hydrogen-bond donors (Lipinski definition) is 2. The molecule has 1 saturated carbocycles. The molecule has 11 nitrogen and oxygen atoms in total. The molecule has 3 N–H and O–H groups in total. The molecule has 0 bridgehead atoms. The Kier molecular flexibility index (Phi) is 4.89. The third kappa shape index (κ3) is 3.59. The van der Waals surface area contributed by atoms with Crippen LogP contribution in [0.15, 0.2) is 18.3 Å². The van der Waals surface area contributed by atoms with Crippen molar-refractivity contribution in [3.8, 4) is 5.75 Å². The molecule has 5 atom stereocenters. The average Bonchev–Trinajstić information content (AvgIpc) is 3.12. The molecule has 5 rings (SSSR count). The van der Waals surface area contributed by atoms with Gasteiger partial charge in [-0.2, -0.15) is 0 Å². The lowest BCUT2D eigenvalue weighted by Gasteiger charge is -2.36. The highest BCUT2D eigenvalue weighted by atomic mass is 16.6. The van der Waals surface area contributed by atoms with Gasteiger partial charge in [-0.05, 0) is 50.2 Å². The van der Waals surface area contributed by atoms with Crippen LogP contribution in [0.3, 0.4) is 0 Å². The summed E-state index contributed by atoms with van der Waals surface area (Å²) in [5.41, 5.74) is 3.34. The van der Waals surface area contributed by atoms with E-state index in [0.29, 0.717) is 12.3 Å². The molecule has 0 unspecified atom stereocenters. The van der Waals surface area contributed by atoms with Gasteiger partial charge in [0, 0.05) is 19.2 Å². The van der Waals surface area contributed by atoms with E-state index in [1.165, 1.54) is 16.0 Å². The molecule has 188 valence electrons. The van der Waals surface area contributed by atoms with Crippen LogP contribution in [-0.2, 0) is 19.1 Å². The third-order valence-electron chi connectivity index (χ3n) is 7.75. The summed E-state index contributed by atoms with van der Waals surface area (Å²) < 4.78 is 11.6. The van der Waals surface area contributed by atoms with Crippen molar-refractivity contribution in [2.45, 2.75) is 64.3 Å². The minimum atomic E-state index is -1.49. The normalized spacial score (nSPS) is 32.4. The zero-order chi connectivity index (χ0) is 25.5. The van der Waals surface area contributed by atoms with E-state index in [4.69, 9.17) is 15.2 Å². The summed E-state index contributed by atoms with van der Waals surface area (Å²) in [5.74, 6) is -0.981. The molecule has 11 heteroatoms. The Morgan fingerprint density at radius 1 is 1.26 bits per heavy atom. The van der Waals surface area contributed by atoms with Crippen molar-refractivity contribution in [2.75, 3.05) is 18.4 Å². The van der Waals surface area contributed by atoms with Crippen LogP contribution in [0.1, 0.15) is 41.0 Å². The number of amides is 4. The number of pyridine rings is 1. The van der Waals surface area contributed by atoms with E-state index in [1.807, 2.05) is 0 Å². The van der Waals surface area contributed by atoms with Crippen molar-refractivity contribution in [3.05, 3.63) is 18.3 Å². The van der Waals surface area contributed by atoms with Gasteiger partial charge in [-0.3, -0.25) is 19.3 Å². The molecular formula is C24H31N5O6. The van der Waals surface area contributed by atoms with Gasteiger partial charge in [-0.25, -0.2) is 9.78 Å². The number of anilines is 1. The van der Waals surface area contributed by atoms with Gasteiger partial charge in [0.15, 0.2) is 11.6 Å². The van der Waals surface area contributed by atoms with Crippen LogP contribution in [0.25, 0.3) is 0 Å². The molecule has 4 amide bonds. The second-order valence-electron chi connectivity index (χ2n) is 11.5. The van der Waals surface area contributed by atoms with Gasteiger partial charge in [-0.1, -0.05) is 13.8 Å². The number of likely N-dealkylation sites (tertiary alicyclic amines) is 2. The van der Waals surface area contributed by atoms with E-state index in [1.54, 1.807) is 32.9 Å². The van der Waals surface area contributed by atoms with Crippen molar-refractivity contribution >= 4 is 29.6 Å². The van der Waals surface area contributed by atoms with Crippen molar-refractivity contribution < 1.29 is 28.7 Å². The Balaban J connectivity index is 1.46. The Morgan fingerprint density at radius 2 is 1.97 bits per heavy atom. The number of carbonyl (C=O) groups excluding carboxylic acids is 4. The standard InChI is InChI=1S/C24H31N5O6/c1-22(2,3)35-21(33)28-10-12-15(23(12,4)5)16(28)19(31)29-11-24(9-13(29)17(25)30)20(32)27-18-14(34-24)7-6-8-26-18/h6-8,12-13,15-16H,9-11H2,1-5H3,(H2,25,30)(H,26,27,32)/t12-,13-,15-,16-,24+/m0/s1. The predicted octanol–water partition coefficient (Wildman–Crippen LogP) is 1.13. The lowest BCUT2D eigenvalue weighted by molar-refractivity contribution is -0.143. The van der Waals surface area contributed by atoms with Crippen molar-refractivity contribution in [2.24, 2.45) is 23.0 Å². The Bertz CT molecular complexity index is 1130. The number of nitrogens with two attached hydrogens (primary N) is 1. The number of primary amides is 1. The molecular weight excluding hydrogens is 454 g/mol. The Morgan fingerprint density at radius 3 is 2.63 bits per heavy atom. The second-order valence-corrected chi connectivity index (χ2v) is 11.5. The van der Waals surface area contributed by atoms with Crippen LogP contribution in [0.5, 0.6) is 5.75 Å². The number of piperidine rings is 1. The largest absolute Gasteiger partial charge is 0.472 e. The molecule has 0 aromatic carbocycles. The van der Waals surface area contributed by atoms with Gasteiger partial charge in [0.2, 0.25) is 17.4 Å². The predicted molar refractivity (Wildman–Crippen MR) is 123 cm³/mol. The first-order chi connectivity index (χ1) is 16.2. The fourth-order valence-electron chi connectivity index (χ4n) is 5.89. The van der Waals surface area contributed by atoms with Crippen molar-refractivity contribution in [1.29, 1.82) is 0 Å². The lowest BCUT2D eigenvalue weighted by atomic mass is 9.97. The van der Waals surface area contributed by atoms with E-state index in [2.05, 4.69) is 24.1 Å². The van der Waals surface area contributed by atoms with E-state index in [0.717, 1.165) is 0 Å². The van der Waals surface area contributed by atoms with Crippen LogP contribution in [0.4, 0.5) is 10.6 Å². The highest BCUT2D eigenvalue weighted by Crippen LogP contribution is 2.65. The number of ether oxygens (including phenoxy) is 2. The quantitative estimate of drug-likeness (QED) is 0.639. The Hall–Kier alpha value is -3.37. The highest BCUT2D eigenvalue weighted by Gasteiger charge is 2.71. The molecule has 4 aliphatic rings. The number of hydrogen-bond acceptors (Lipinski definition) is 7. The molecule has 35 heavy (non-hydrogen) atoms. The third-order valence-corrected chi connectivity index (χ3v) is 7.75. The van der Waals surface area contributed by atoms with Gasteiger partial charge in [0.25, 0.3) is 5.91 Å². The number of nitrogens with one attached hydrogen (secondary N) is 1. The first-order valence-electron chi connectivity index (χ1n) is 11.8. The lowest BCUT2D eigenvalue weighted by Crippen LogP contribution is -2.56. The van der Waals surface area contributed by atoms with Crippen LogP contribution >= 0.6 is 0 Å². The molecule has 1 aromatic heterocycles. The van der Waals surface area contributed by atoms with Gasteiger partial charge < -0.3 is 25.4 Å². The average molecular weight is 486 g/mol. The van der Waals surface area contributed by atoms with Gasteiger partial charge >= 0.3 is 6.09 Å². The maximum atomic E-state index is 14.0. The number of carbonyl (C=O) groups is 4. The molecule has 1 aromatic rings. The van der Waals surface area contributed by atoms with Gasteiger partial charge in [0.05, 0.1) is 6.54 Å². The fraction of sp³-hybridized carbons (Fsp3) is 0.625. The SMILES string of the molecule is CC(C)(C)OC(=O)N1C[C@H]2[C@@H]([C@H]1C(=O)N1C[C@@]3(C[C@H]1C(N)=O)Oc1cccnc1NC3=O)C2(C)C. The topological polar surface area (TPSA) is 144 Å². The van der Waals surface area contributed by atoms with Crippen LogP contribution in [-0.4, -0.2) is 75.0 Å². The van der Waals surface area contributed by atoms with Gasteiger partial charge in [0.1, 0.15) is 17.7 Å². The van der Waals surface area contributed by atoms with E-state index < -0.39 is 47.1 Å². The molecule has 0 radical (unpaired) electrons. The molecule has 3 aliphatic heterocycles. The zero-order valence-electron chi connectivity index (χ0n) is 20.5. The van der Waals surface area contributed by atoms with Crippen LogP contribution in [0.2, 0.25) is 0 Å². The molecule has 1 aliphatic carbocycles. The summed E-state index contributed by atoms with van der Waals surface area (Å²) >= 11 is 0. The maximum Gasteiger partial charge on any atom is 0.410 e. The zero-order valence-corrected chi connectivity index (χ0v) is 20.5. The van der Waals surface area contributed by atoms with Crippen molar-refractivity contribution in [1.82, 2.24) is 14.8 Å². The monoisotopic (exact) mass is 485 g/mol. The minimum Gasteiger partial charge on any atom is -0.472 e. The van der Waals surface area contributed by atoms with Crippen LogP contribution < -0.4 is 15.8 Å². The second kappa shape index (κ2) is 7.32. The number of aromatic nitrogens is 1. The number of rotatable bonds is 2. The summed E-state index contributed by atoms with van der Waals surface area (Å²) in [6.45, 7) is 9.64. The smallest absolute Gasteiger partial charge is 0.410 e.